The number of carbonyl (C=O) groups excluding carboxylic acids is 1. The largest absolute Gasteiger partial charge is 0.309 e. The molecule has 27 heavy (non-hydrogen) atoms. The second-order valence-electron chi connectivity index (χ2n) is 6.06. The number of halogens is 2. The Morgan fingerprint density at radius 3 is 2.67 bits per heavy atom. The molecule has 144 valence electrons. The number of nitrogens with zero attached hydrogens (tertiary/aromatic N) is 4. The van der Waals surface area contributed by atoms with Crippen molar-refractivity contribution < 1.29 is 9.18 Å². The van der Waals surface area contributed by atoms with Gasteiger partial charge in [-0.1, -0.05) is 11.6 Å². The highest BCUT2D eigenvalue weighted by atomic mass is 35.5. The fraction of sp³-hybridized carbons (Fsp3) is 0.294. The molecule has 0 saturated heterocycles. The topological polar surface area (TPSA) is 72.7 Å². The molecule has 0 bridgehead atoms. The van der Waals surface area contributed by atoms with E-state index in [1.807, 2.05) is 29.9 Å². The Kier molecular flexibility index (Phi) is 6.72. The summed E-state index contributed by atoms with van der Waals surface area (Å²) < 4.78 is 14.8. The molecular formula is C17H19ClFN5OS2. The first-order valence-electron chi connectivity index (χ1n) is 8.00. The Hall–Kier alpha value is -1.84. The minimum atomic E-state index is -1.05. The van der Waals surface area contributed by atoms with E-state index in [0.717, 1.165) is 23.1 Å². The van der Waals surface area contributed by atoms with Crippen LogP contribution in [0.4, 0.5) is 10.2 Å². The van der Waals surface area contributed by atoms with Crippen molar-refractivity contribution in [3.8, 4) is 11.1 Å². The second kappa shape index (κ2) is 8.45. The molecular weight excluding hydrogens is 409 g/mol. The molecule has 3 aromatic rings. The van der Waals surface area contributed by atoms with Gasteiger partial charge in [-0.15, -0.1) is 10.2 Å². The average molecular weight is 428 g/mol. The Morgan fingerprint density at radius 1 is 1.30 bits per heavy atom. The van der Waals surface area contributed by atoms with Crippen LogP contribution in [0.15, 0.2) is 30.6 Å². The van der Waals surface area contributed by atoms with E-state index in [2.05, 4.69) is 20.6 Å². The van der Waals surface area contributed by atoms with Gasteiger partial charge in [0, 0.05) is 23.7 Å². The highest BCUT2D eigenvalue weighted by molar-refractivity contribution is 7.59. The number of hydrogen-bond donors (Lipinski definition) is 1. The summed E-state index contributed by atoms with van der Waals surface area (Å²) in [5.74, 6) is -0.658. The molecule has 1 fully saturated rings. The van der Waals surface area contributed by atoms with Gasteiger partial charge in [0.05, 0.1) is 17.1 Å². The van der Waals surface area contributed by atoms with Gasteiger partial charge in [0.25, 0.3) is 0 Å². The lowest BCUT2D eigenvalue weighted by Gasteiger charge is -2.07. The van der Waals surface area contributed by atoms with E-state index in [0.29, 0.717) is 10.5 Å². The normalized spacial score (nSPS) is 17.7. The van der Waals surface area contributed by atoms with E-state index in [9.17, 15) is 9.18 Å². The monoisotopic (exact) mass is 427 g/mol. The molecule has 10 heteroatoms. The number of nitrogens with one attached hydrogen (secondary N) is 1. The molecule has 0 radical (unpaired) electrons. The van der Waals surface area contributed by atoms with Gasteiger partial charge in [-0.05, 0) is 37.1 Å². The lowest BCUT2D eigenvalue weighted by atomic mass is 10.1. The van der Waals surface area contributed by atoms with Crippen LogP contribution >= 0.6 is 38.6 Å². The van der Waals surface area contributed by atoms with Gasteiger partial charge in [0.1, 0.15) is 11.7 Å². The van der Waals surface area contributed by atoms with Crippen LogP contribution in [0.3, 0.4) is 0 Å². The summed E-state index contributed by atoms with van der Waals surface area (Å²) in [6.45, 7) is 2.79. The molecule has 2 heterocycles. The van der Waals surface area contributed by atoms with Crippen molar-refractivity contribution in [3.05, 3.63) is 35.6 Å². The predicted octanol–water partition coefficient (Wildman–Crippen LogP) is 3.69. The average Bonchev–Trinajstić information content (AvgIpc) is 3.14. The maximum Gasteiger partial charge on any atom is 0.231 e. The van der Waals surface area contributed by atoms with Gasteiger partial charge in [-0.2, -0.15) is 32.1 Å². The minimum Gasteiger partial charge on any atom is -0.309 e. The predicted molar refractivity (Wildman–Crippen MR) is 114 cm³/mol. The third kappa shape index (κ3) is 4.36. The lowest BCUT2D eigenvalue weighted by molar-refractivity contribution is -0.117. The molecule has 2 atom stereocenters. The Bertz CT molecular complexity index is 983. The summed E-state index contributed by atoms with van der Waals surface area (Å²) in [5, 5.41) is 16.1. The van der Waals surface area contributed by atoms with E-state index in [1.165, 1.54) is 0 Å². The summed E-state index contributed by atoms with van der Waals surface area (Å²) in [4.78, 5) is 11.9. The number of hydrogen-bond acceptors (Lipinski definition) is 4. The number of aryl methyl sites for hydroxylation is 1. The van der Waals surface area contributed by atoms with Crippen LogP contribution < -0.4 is 5.32 Å². The van der Waals surface area contributed by atoms with Crippen LogP contribution in [0, 0.1) is 5.92 Å². The number of anilines is 1. The van der Waals surface area contributed by atoms with Crippen LogP contribution in [0.2, 0.25) is 5.02 Å². The molecule has 1 amide bonds. The Labute approximate surface area is 174 Å². The molecule has 1 N–H and O–H groups in total. The minimum absolute atomic E-state index is 0. The Balaban J connectivity index is 0.00000131. The first kappa shape index (κ1) is 21.5. The molecule has 0 aliphatic heterocycles. The standard InChI is InChI=1S/C17H15ClFN5O.2H2S/c1-2-24-8-11(7-20-24)9-3-10-5-15(21-17(25)12-6-14(12)19)22-23-16(10)13(18)4-9;;/h3-5,7-8,12,14H,2,6H2,1H3,(H,21,22,25);2*1H2/t12-,14+;;/m1../s1. The summed E-state index contributed by atoms with van der Waals surface area (Å²) in [5.41, 5.74) is 2.38. The van der Waals surface area contributed by atoms with E-state index < -0.39 is 12.1 Å². The molecule has 6 nitrogen and oxygen atoms in total. The van der Waals surface area contributed by atoms with Crippen LogP contribution in [-0.4, -0.2) is 32.1 Å². The highest BCUT2D eigenvalue weighted by Crippen LogP contribution is 2.35. The van der Waals surface area contributed by atoms with Crippen molar-refractivity contribution in [2.45, 2.75) is 26.1 Å². The van der Waals surface area contributed by atoms with Crippen LogP contribution in [0.25, 0.3) is 22.0 Å². The number of carbonyl (C=O) groups is 1. The number of alkyl halides is 1. The van der Waals surface area contributed by atoms with Crippen molar-refractivity contribution in [2.24, 2.45) is 5.92 Å². The molecule has 0 spiro atoms. The van der Waals surface area contributed by atoms with Crippen LogP contribution in [0.1, 0.15) is 13.3 Å². The maximum absolute atomic E-state index is 13.0. The smallest absolute Gasteiger partial charge is 0.231 e. The lowest BCUT2D eigenvalue weighted by Crippen LogP contribution is -2.16. The number of amides is 1. The fourth-order valence-corrected chi connectivity index (χ4v) is 2.95. The van der Waals surface area contributed by atoms with Gasteiger partial charge >= 0.3 is 0 Å². The number of aromatic nitrogens is 4. The van der Waals surface area contributed by atoms with Crippen molar-refractivity contribution in [2.75, 3.05) is 5.32 Å². The number of rotatable bonds is 4. The van der Waals surface area contributed by atoms with Crippen LogP contribution in [-0.2, 0) is 11.3 Å². The molecule has 0 unspecified atom stereocenters. The number of fused-ring (bicyclic) bond motifs is 1. The summed E-state index contributed by atoms with van der Waals surface area (Å²) in [6, 6.07) is 5.42. The van der Waals surface area contributed by atoms with Gasteiger partial charge in [0.2, 0.25) is 5.91 Å². The molecule has 1 saturated carbocycles. The number of benzene rings is 1. The van der Waals surface area contributed by atoms with E-state index in [1.54, 1.807) is 12.3 Å². The fourth-order valence-electron chi connectivity index (χ4n) is 2.68. The van der Waals surface area contributed by atoms with Gasteiger partial charge < -0.3 is 5.32 Å². The zero-order chi connectivity index (χ0) is 17.6. The highest BCUT2D eigenvalue weighted by Gasteiger charge is 2.43. The second-order valence-corrected chi connectivity index (χ2v) is 6.46. The van der Waals surface area contributed by atoms with E-state index >= 15 is 0 Å². The maximum atomic E-state index is 13.0. The van der Waals surface area contributed by atoms with E-state index in [-0.39, 0.29) is 45.1 Å². The first-order valence-corrected chi connectivity index (χ1v) is 8.37. The van der Waals surface area contributed by atoms with Crippen molar-refractivity contribution in [1.29, 1.82) is 0 Å². The SMILES string of the molecule is CCn1cc(-c2cc(Cl)c3nnc(NC(=O)[C@@H]4C[C@@H]4F)cc3c2)cn1.S.S. The van der Waals surface area contributed by atoms with Gasteiger partial charge in [-0.3, -0.25) is 9.48 Å². The molecule has 1 aliphatic rings. The summed E-state index contributed by atoms with van der Waals surface area (Å²) in [6.07, 6.45) is 2.92. The molecule has 2 aromatic heterocycles. The van der Waals surface area contributed by atoms with Crippen molar-refractivity contribution >= 4 is 61.2 Å². The van der Waals surface area contributed by atoms with Gasteiger partial charge in [-0.25, -0.2) is 4.39 Å². The Morgan fingerprint density at radius 2 is 2.04 bits per heavy atom. The third-order valence-corrected chi connectivity index (χ3v) is 4.52. The zero-order valence-electron chi connectivity index (χ0n) is 14.4. The quantitative estimate of drug-likeness (QED) is 0.689. The van der Waals surface area contributed by atoms with Crippen molar-refractivity contribution in [3.63, 3.8) is 0 Å². The molecule has 1 aliphatic carbocycles. The van der Waals surface area contributed by atoms with E-state index in [4.69, 9.17) is 11.6 Å². The van der Waals surface area contributed by atoms with Crippen LogP contribution in [0.5, 0.6) is 0 Å². The molecule has 1 aromatic carbocycles. The third-order valence-electron chi connectivity index (χ3n) is 4.23. The first-order chi connectivity index (χ1) is 12.0. The van der Waals surface area contributed by atoms with Crippen molar-refractivity contribution in [1.82, 2.24) is 20.0 Å². The summed E-state index contributed by atoms with van der Waals surface area (Å²) in [7, 11) is 0. The molecule has 4 rings (SSSR count). The summed E-state index contributed by atoms with van der Waals surface area (Å²) >= 11 is 6.32. The van der Waals surface area contributed by atoms with Gasteiger partial charge in [0.15, 0.2) is 5.82 Å². The zero-order valence-corrected chi connectivity index (χ0v) is 17.2.